The Morgan fingerprint density at radius 2 is 2.10 bits per heavy atom. The molecule has 2 aliphatic rings. The molecule has 2 fully saturated rings. The van der Waals surface area contributed by atoms with E-state index in [9.17, 15) is 18.0 Å². The number of amides is 1. The average molecular weight is 293 g/mol. The highest BCUT2D eigenvalue weighted by atomic mass is 19.4. The molecule has 2 N–H and O–H groups in total. The van der Waals surface area contributed by atoms with Crippen LogP contribution in [-0.4, -0.2) is 55.7 Å². The van der Waals surface area contributed by atoms with Crippen molar-refractivity contribution in [3.8, 4) is 0 Å². The molecule has 0 aromatic heterocycles. The van der Waals surface area contributed by atoms with Crippen molar-refractivity contribution in [3.63, 3.8) is 0 Å². The molecule has 4 nitrogen and oxygen atoms in total. The standard InChI is InChI=1S/C13H22F3N3O/c14-13(15,16)9-19-6-2-3-10(8-19)12(20)18-11-4-1-5-17-7-11/h10-11,17H,1-9H2,(H,18,20)/t10?,11-/m0/s1. The van der Waals surface area contributed by atoms with Crippen molar-refractivity contribution in [3.05, 3.63) is 0 Å². The largest absolute Gasteiger partial charge is 0.401 e. The van der Waals surface area contributed by atoms with Gasteiger partial charge in [-0.15, -0.1) is 0 Å². The van der Waals surface area contributed by atoms with E-state index in [2.05, 4.69) is 10.6 Å². The Morgan fingerprint density at radius 1 is 1.30 bits per heavy atom. The maximum absolute atomic E-state index is 12.4. The van der Waals surface area contributed by atoms with Gasteiger partial charge in [-0.25, -0.2) is 0 Å². The van der Waals surface area contributed by atoms with Crippen LogP contribution in [0.25, 0.3) is 0 Å². The van der Waals surface area contributed by atoms with E-state index >= 15 is 0 Å². The molecule has 20 heavy (non-hydrogen) atoms. The van der Waals surface area contributed by atoms with E-state index < -0.39 is 12.7 Å². The second kappa shape index (κ2) is 6.76. The first-order valence-electron chi connectivity index (χ1n) is 7.24. The average Bonchev–Trinajstić information content (AvgIpc) is 2.38. The van der Waals surface area contributed by atoms with Crippen LogP contribution < -0.4 is 10.6 Å². The van der Waals surface area contributed by atoms with Crippen molar-refractivity contribution in [2.75, 3.05) is 32.7 Å². The molecular weight excluding hydrogens is 271 g/mol. The van der Waals surface area contributed by atoms with Crippen LogP contribution in [-0.2, 0) is 4.79 Å². The van der Waals surface area contributed by atoms with Crippen LogP contribution in [0.1, 0.15) is 25.7 Å². The van der Waals surface area contributed by atoms with Gasteiger partial charge >= 0.3 is 6.18 Å². The summed E-state index contributed by atoms with van der Waals surface area (Å²) >= 11 is 0. The van der Waals surface area contributed by atoms with Gasteiger partial charge in [0, 0.05) is 19.1 Å². The van der Waals surface area contributed by atoms with E-state index in [4.69, 9.17) is 0 Å². The third kappa shape index (κ3) is 4.94. The van der Waals surface area contributed by atoms with Crippen molar-refractivity contribution >= 4 is 5.91 Å². The Hall–Kier alpha value is -0.820. The van der Waals surface area contributed by atoms with Gasteiger partial charge in [0.15, 0.2) is 0 Å². The van der Waals surface area contributed by atoms with Gasteiger partial charge in [0.2, 0.25) is 5.91 Å². The fourth-order valence-corrected chi connectivity index (χ4v) is 2.96. The number of hydrogen-bond acceptors (Lipinski definition) is 3. The lowest BCUT2D eigenvalue weighted by Gasteiger charge is -2.33. The molecular formula is C13H22F3N3O. The van der Waals surface area contributed by atoms with E-state index in [1.165, 1.54) is 4.90 Å². The van der Waals surface area contributed by atoms with Crippen LogP contribution in [0.2, 0.25) is 0 Å². The molecule has 1 amide bonds. The molecule has 2 atom stereocenters. The molecule has 2 aliphatic heterocycles. The molecule has 2 heterocycles. The minimum absolute atomic E-state index is 0.0921. The molecule has 0 aromatic carbocycles. The fourth-order valence-electron chi connectivity index (χ4n) is 2.96. The van der Waals surface area contributed by atoms with Crippen molar-refractivity contribution in [1.29, 1.82) is 0 Å². The Balaban J connectivity index is 1.80. The molecule has 0 saturated carbocycles. The highest BCUT2D eigenvalue weighted by Gasteiger charge is 2.35. The van der Waals surface area contributed by atoms with Crippen molar-refractivity contribution in [2.24, 2.45) is 5.92 Å². The highest BCUT2D eigenvalue weighted by Crippen LogP contribution is 2.22. The van der Waals surface area contributed by atoms with Gasteiger partial charge in [-0.05, 0) is 38.8 Å². The number of alkyl halides is 3. The fraction of sp³-hybridized carbons (Fsp3) is 0.923. The van der Waals surface area contributed by atoms with Crippen LogP contribution in [0, 0.1) is 5.92 Å². The first-order chi connectivity index (χ1) is 9.44. The number of nitrogens with zero attached hydrogens (tertiary/aromatic N) is 1. The van der Waals surface area contributed by atoms with Gasteiger partial charge in [0.1, 0.15) is 0 Å². The Labute approximate surface area is 117 Å². The zero-order valence-corrected chi connectivity index (χ0v) is 11.5. The normalized spacial score (nSPS) is 29.1. The molecule has 0 spiro atoms. The molecule has 0 aliphatic carbocycles. The second-order valence-corrected chi connectivity index (χ2v) is 5.74. The molecule has 116 valence electrons. The number of carbonyl (C=O) groups is 1. The van der Waals surface area contributed by atoms with Gasteiger partial charge in [-0.3, -0.25) is 9.69 Å². The maximum atomic E-state index is 12.4. The first-order valence-corrected chi connectivity index (χ1v) is 7.24. The zero-order chi connectivity index (χ0) is 14.6. The SMILES string of the molecule is O=C(N[C@H]1CCCNC1)C1CCCN(CC(F)(F)F)C1. The maximum Gasteiger partial charge on any atom is 0.401 e. The quantitative estimate of drug-likeness (QED) is 0.820. The number of hydrogen-bond donors (Lipinski definition) is 2. The topological polar surface area (TPSA) is 44.4 Å². The summed E-state index contributed by atoms with van der Waals surface area (Å²) in [6.45, 7) is 1.45. The number of halogens is 3. The minimum atomic E-state index is -4.19. The Kier molecular flexibility index (Phi) is 5.26. The summed E-state index contributed by atoms with van der Waals surface area (Å²) in [6, 6.07) is 0.120. The molecule has 1 unspecified atom stereocenters. The number of likely N-dealkylation sites (tertiary alicyclic amines) is 1. The summed E-state index contributed by atoms with van der Waals surface area (Å²) in [5, 5.41) is 6.17. The summed E-state index contributed by atoms with van der Waals surface area (Å²) < 4.78 is 37.2. The monoisotopic (exact) mass is 293 g/mol. The van der Waals surface area contributed by atoms with E-state index in [1.807, 2.05) is 0 Å². The lowest BCUT2D eigenvalue weighted by atomic mass is 9.96. The molecule has 0 radical (unpaired) electrons. The van der Waals surface area contributed by atoms with E-state index in [0.29, 0.717) is 19.4 Å². The summed E-state index contributed by atoms with van der Waals surface area (Å²) in [5.74, 6) is -0.404. The zero-order valence-electron chi connectivity index (χ0n) is 11.5. The summed E-state index contributed by atoms with van der Waals surface area (Å²) in [7, 11) is 0. The lowest BCUT2D eigenvalue weighted by Crippen LogP contribution is -2.51. The minimum Gasteiger partial charge on any atom is -0.352 e. The summed E-state index contributed by atoms with van der Waals surface area (Å²) in [5.41, 5.74) is 0. The van der Waals surface area contributed by atoms with Crippen LogP contribution in [0.3, 0.4) is 0 Å². The van der Waals surface area contributed by atoms with Crippen LogP contribution in [0.15, 0.2) is 0 Å². The Morgan fingerprint density at radius 3 is 2.75 bits per heavy atom. The first kappa shape index (κ1) is 15.6. The van der Waals surface area contributed by atoms with Gasteiger partial charge in [0.25, 0.3) is 0 Å². The van der Waals surface area contributed by atoms with Crippen molar-refractivity contribution in [2.45, 2.75) is 37.9 Å². The molecule has 0 aromatic rings. The number of nitrogens with one attached hydrogen (secondary N) is 2. The number of carbonyl (C=O) groups excluding carboxylic acids is 1. The number of piperidine rings is 2. The van der Waals surface area contributed by atoms with E-state index in [-0.39, 0.29) is 24.4 Å². The molecule has 2 saturated heterocycles. The summed E-state index contributed by atoms with van der Waals surface area (Å²) in [6.07, 6.45) is -0.892. The molecule has 0 bridgehead atoms. The predicted octanol–water partition coefficient (Wildman–Crippen LogP) is 1.13. The third-order valence-electron chi connectivity index (χ3n) is 3.92. The van der Waals surface area contributed by atoms with Crippen LogP contribution in [0.4, 0.5) is 13.2 Å². The summed E-state index contributed by atoms with van der Waals surface area (Å²) in [4.78, 5) is 13.5. The molecule has 7 heteroatoms. The van der Waals surface area contributed by atoms with Gasteiger partial charge in [0.05, 0.1) is 12.5 Å². The van der Waals surface area contributed by atoms with E-state index in [1.54, 1.807) is 0 Å². The predicted molar refractivity (Wildman–Crippen MR) is 69.3 cm³/mol. The van der Waals surface area contributed by atoms with Crippen molar-refractivity contribution < 1.29 is 18.0 Å². The van der Waals surface area contributed by atoms with E-state index in [0.717, 1.165) is 25.9 Å². The van der Waals surface area contributed by atoms with Gasteiger partial charge in [-0.1, -0.05) is 0 Å². The van der Waals surface area contributed by atoms with Crippen molar-refractivity contribution in [1.82, 2.24) is 15.5 Å². The molecule has 2 rings (SSSR count). The second-order valence-electron chi connectivity index (χ2n) is 5.74. The van der Waals surface area contributed by atoms with Gasteiger partial charge < -0.3 is 10.6 Å². The number of rotatable bonds is 3. The smallest absolute Gasteiger partial charge is 0.352 e. The third-order valence-corrected chi connectivity index (χ3v) is 3.92. The van der Waals surface area contributed by atoms with Crippen LogP contribution in [0.5, 0.6) is 0 Å². The Bertz CT molecular complexity index is 329. The van der Waals surface area contributed by atoms with Crippen LogP contribution >= 0.6 is 0 Å². The highest BCUT2D eigenvalue weighted by molar-refractivity contribution is 5.79. The lowest BCUT2D eigenvalue weighted by molar-refractivity contribution is -0.152. The van der Waals surface area contributed by atoms with Gasteiger partial charge in [-0.2, -0.15) is 13.2 Å².